The highest BCUT2D eigenvalue weighted by atomic mass is 19.1. The van der Waals surface area contributed by atoms with Crippen LogP contribution in [-0.4, -0.2) is 17.4 Å². The normalized spacial score (nSPS) is 11.2. The van der Waals surface area contributed by atoms with Crippen LogP contribution >= 0.6 is 0 Å². The van der Waals surface area contributed by atoms with E-state index in [1.807, 2.05) is 0 Å². The minimum absolute atomic E-state index is 0.0756. The van der Waals surface area contributed by atoms with Gasteiger partial charge in [0.05, 0.1) is 11.3 Å². The fourth-order valence-electron chi connectivity index (χ4n) is 1.48. The summed E-state index contributed by atoms with van der Waals surface area (Å²) in [5, 5.41) is 2.26. The summed E-state index contributed by atoms with van der Waals surface area (Å²) in [5.74, 6) is -3.57. The lowest BCUT2D eigenvalue weighted by Crippen LogP contribution is -2.33. The van der Waals surface area contributed by atoms with Crippen LogP contribution in [0.2, 0.25) is 0 Å². The Balaban J connectivity index is 2.85. The van der Waals surface area contributed by atoms with Crippen molar-refractivity contribution in [1.29, 1.82) is 0 Å². The topological polar surface area (TPSA) is 98.2 Å². The maximum Gasteiger partial charge on any atom is 0.251 e. The third kappa shape index (κ3) is 4.58. The van der Waals surface area contributed by atoms with E-state index >= 15 is 0 Å². The fourth-order valence-corrected chi connectivity index (χ4v) is 1.48. The van der Waals surface area contributed by atoms with Crippen molar-refractivity contribution in [2.75, 3.05) is 5.32 Å². The third-order valence-electron chi connectivity index (χ3n) is 2.59. The van der Waals surface area contributed by atoms with Crippen molar-refractivity contribution in [3.05, 3.63) is 29.3 Å². The lowest BCUT2D eigenvalue weighted by atomic mass is 10.00. The number of benzene rings is 1. The Morgan fingerprint density at radius 2 is 1.85 bits per heavy atom. The van der Waals surface area contributed by atoms with Crippen LogP contribution in [0, 0.1) is 11.6 Å². The molecule has 1 rings (SSSR count). The zero-order valence-electron chi connectivity index (χ0n) is 11.3. The van der Waals surface area contributed by atoms with Gasteiger partial charge in [0.1, 0.15) is 11.6 Å². The predicted octanol–water partition coefficient (Wildman–Crippen LogP) is 1.52. The highest BCUT2D eigenvalue weighted by Crippen LogP contribution is 2.20. The summed E-state index contributed by atoms with van der Waals surface area (Å²) in [7, 11) is 0. The Labute approximate surface area is 115 Å². The number of nitrogens with one attached hydrogen (secondary N) is 1. The van der Waals surface area contributed by atoms with Crippen molar-refractivity contribution in [3.8, 4) is 0 Å². The Kier molecular flexibility index (Phi) is 4.78. The molecule has 0 fully saturated rings. The standard InChI is InChI=1S/C13H17F2N3O2/c1-13(2,17)4-3-11(19)18-10-5-7(12(16)20)8(14)6-9(10)15/h5-6H,3-4,17H2,1-2H3,(H2,16,20)(H,18,19). The van der Waals surface area contributed by atoms with Crippen molar-refractivity contribution in [2.45, 2.75) is 32.2 Å². The molecule has 0 aliphatic heterocycles. The average Bonchev–Trinajstić information content (AvgIpc) is 2.28. The van der Waals surface area contributed by atoms with Crippen LogP contribution in [0.15, 0.2) is 12.1 Å². The molecule has 0 aliphatic rings. The van der Waals surface area contributed by atoms with Crippen LogP contribution in [0.5, 0.6) is 0 Å². The summed E-state index contributed by atoms with van der Waals surface area (Å²) in [6.45, 7) is 3.51. The number of halogens is 2. The summed E-state index contributed by atoms with van der Waals surface area (Å²) < 4.78 is 26.7. The van der Waals surface area contributed by atoms with E-state index in [9.17, 15) is 18.4 Å². The van der Waals surface area contributed by atoms with E-state index in [1.54, 1.807) is 13.8 Å². The second-order valence-electron chi connectivity index (χ2n) is 5.21. The molecule has 7 heteroatoms. The smallest absolute Gasteiger partial charge is 0.251 e. The molecule has 20 heavy (non-hydrogen) atoms. The molecule has 0 heterocycles. The molecular weight excluding hydrogens is 268 g/mol. The first kappa shape index (κ1) is 16.0. The molecule has 0 radical (unpaired) electrons. The number of carbonyl (C=O) groups is 2. The van der Waals surface area contributed by atoms with Crippen LogP contribution in [0.3, 0.4) is 0 Å². The molecule has 0 spiro atoms. The van der Waals surface area contributed by atoms with Gasteiger partial charge in [0.2, 0.25) is 5.91 Å². The molecule has 2 amide bonds. The Bertz CT molecular complexity index is 539. The zero-order valence-corrected chi connectivity index (χ0v) is 11.3. The summed E-state index contributed by atoms with van der Waals surface area (Å²) in [4.78, 5) is 22.6. The summed E-state index contributed by atoms with van der Waals surface area (Å²) >= 11 is 0. The summed E-state index contributed by atoms with van der Waals surface area (Å²) in [6.07, 6.45) is 0.469. The van der Waals surface area contributed by atoms with Gasteiger partial charge in [-0.3, -0.25) is 9.59 Å². The van der Waals surface area contributed by atoms with E-state index < -0.39 is 34.6 Å². The van der Waals surface area contributed by atoms with Gasteiger partial charge in [0.15, 0.2) is 0 Å². The Morgan fingerprint density at radius 3 is 2.35 bits per heavy atom. The van der Waals surface area contributed by atoms with Crippen molar-refractivity contribution in [3.63, 3.8) is 0 Å². The lowest BCUT2D eigenvalue weighted by Gasteiger charge is -2.17. The first-order chi connectivity index (χ1) is 9.10. The lowest BCUT2D eigenvalue weighted by molar-refractivity contribution is -0.116. The molecule has 5 nitrogen and oxygen atoms in total. The largest absolute Gasteiger partial charge is 0.366 e. The Hall–Kier alpha value is -2.02. The molecule has 0 atom stereocenters. The molecule has 0 bridgehead atoms. The van der Waals surface area contributed by atoms with Gasteiger partial charge in [-0.25, -0.2) is 8.78 Å². The summed E-state index contributed by atoms with van der Waals surface area (Å²) in [5.41, 5.74) is 9.37. The third-order valence-corrected chi connectivity index (χ3v) is 2.59. The van der Waals surface area contributed by atoms with Crippen LogP contribution in [0.25, 0.3) is 0 Å². The number of primary amides is 1. The SMILES string of the molecule is CC(C)(N)CCC(=O)Nc1cc(C(N)=O)c(F)cc1F. The van der Waals surface area contributed by atoms with E-state index in [1.165, 1.54) is 0 Å². The quantitative estimate of drug-likeness (QED) is 0.765. The Morgan fingerprint density at radius 1 is 1.25 bits per heavy atom. The molecule has 0 aromatic heterocycles. The van der Waals surface area contributed by atoms with E-state index in [0.717, 1.165) is 6.07 Å². The van der Waals surface area contributed by atoms with Crippen molar-refractivity contribution < 1.29 is 18.4 Å². The highest BCUT2D eigenvalue weighted by Gasteiger charge is 2.17. The minimum atomic E-state index is -1.07. The molecule has 0 saturated heterocycles. The molecule has 5 N–H and O–H groups in total. The van der Waals surface area contributed by atoms with Gasteiger partial charge in [0.25, 0.3) is 5.91 Å². The number of nitrogens with two attached hydrogens (primary N) is 2. The van der Waals surface area contributed by atoms with E-state index in [4.69, 9.17) is 11.5 Å². The molecule has 0 unspecified atom stereocenters. The first-order valence-corrected chi connectivity index (χ1v) is 5.98. The van der Waals surface area contributed by atoms with Gasteiger partial charge in [-0.05, 0) is 26.3 Å². The number of rotatable bonds is 5. The monoisotopic (exact) mass is 285 g/mol. The highest BCUT2D eigenvalue weighted by molar-refractivity contribution is 5.96. The number of anilines is 1. The van der Waals surface area contributed by atoms with Crippen molar-refractivity contribution >= 4 is 17.5 Å². The van der Waals surface area contributed by atoms with Crippen molar-refractivity contribution in [1.82, 2.24) is 0 Å². The van der Waals surface area contributed by atoms with Crippen molar-refractivity contribution in [2.24, 2.45) is 11.5 Å². The van der Waals surface area contributed by atoms with Crippen LogP contribution in [0.4, 0.5) is 14.5 Å². The van der Waals surface area contributed by atoms with E-state index in [2.05, 4.69) is 5.32 Å². The molecule has 1 aromatic carbocycles. The second kappa shape index (κ2) is 5.96. The number of hydrogen-bond acceptors (Lipinski definition) is 3. The predicted molar refractivity (Wildman–Crippen MR) is 71.0 cm³/mol. The van der Waals surface area contributed by atoms with E-state index in [-0.39, 0.29) is 12.1 Å². The molecular formula is C13H17F2N3O2. The van der Waals surface area contributed by atoms with Gasteiger partial charge in [-0.15, -0.1) is 0 Å². The maximum atomic E-state index is 13.5. The zero-order chi connectivity index (χ0) is 15.5. The average molecular weight is 285 g/mol. The molecule has 0 saturated carbocycles. The number of carbonyl (C=O) groups excluding carboxylic acids is 2. The number of hydrogen-bond donors (Lipinski definition) is 3. The van der Waals surface area contributed by atoms with Gasteiger partial charge < -0.3 is 16.8 Å². The number of amides is 2. The van der Waals surface area contributed by atoms with Crippen LogP contribution in [-0.2, 0) is 4.79 Å². The maximum absolute atomic E-state index is 13.5. The van der Waals surface area contributed by atoms with Crippen LogP contribution < -0.4 is 16.8 Å². The minimum Gasteiger partial charge on any atom is -0.366 e. The van der Waals surface area contributed by atoms with Gasteiger partial charge in [-0.1, -0.05) is 0 Å². The molecule has 1 aromatic rings. The van der Waals surface area contributed by atoms with Gasteiger partial charge in [-0.2, -0.15) is 0 Å². The second-order valence-corrected chi connectivity index (χ2v) is 5.21. The van der Waals surface area contributed by atoms with Gasteiger partial charge in [0, 0.05) is 18.0 Å². The van der Waals surface area contributed by atoms with E-state index in [0.29, 0.717) is 12.5 Å². The van der Waals surface area contributed by atoms with Gasteiger partial charge >= 0.3 is 0 Å². The van der Waals surface area contributed by atoms with Crippen LogP contribution in [0.1, 0.15) is 37.0 Å². The first-order valence-electron chi connectivity index (χ1n) is 5.98. The fraction of sp³-hybridized carbons (Fsp3) is 0.385. The summed E-state index contributed by atoms with van der Waals surface area (Å²) in [6, 6.07) is 1.38. The molecule has 110 valence electrons. The molecule has 0 aliphatic carbocycles.